The van der Waals surface area contributed by atoms with Gasteiger partial charge in [0.05, 0.1) is 18.1 Å². The maximum atomic E-state index is 13.2. The molecule has 1 saturated heterocycles. The monoisotopic (exact) mass is 401 g/mol. The quantitative estimate of drug-likeness (QED) is 0.711. The standard InChI is InChI=1S/C22H27NO4S/c1-3-12-27-21-9-7-18(8-10-21)15-23(20-11-13-28(25,26)16-20)22(24)19-6-4-5-17(2)14-19/h4-10,14,20H,3,11-13,15-16H2,1-2H3. The van der Waals surface area contributed by atoms with Gasteiger partial charge in [0.1, 0.15) is 5.75 Å². The van der Waals surface area contributed by atoms with Crippen LogP contribution in [0.3, 0.4) is 0 Å². The van der Waals surface area contributed by atoms with Gasteiger partial charge in [-0.3, -0.25) is 4.79 Å². The minimum atomic E-state index is -3.09. The molecule has 5 nitrogen and oxygen atoms in total. The number of sulfone groups is 1. The van der Waals surface area contributed by atoms with Crippen LogP contribution < -0.4 is 4.74 Å². The molecule has 1 aliphatic heterocycles. The summed E-state index contributed by atoms with van der Waals surface area (Å²) < 4.78 is 29.6. The van der Waals surface area contributed by atoms with Gasteiger partial charge in [-0.15, -0.1) is 0 Å². The van der Waals surface area contributed by atoms with Crippen LogP contribution in [-0.4, -0.2) is 43.4 Å². The summed E-state index contributed by atoms with van der Waals surface area (Å²) in [5.41, 5.74) is 2.55. The molecular formula is C22H27NO4S. The second-order valence-electron chi connectivity index (χ2n) is 7.35. The summed E-state index contributed by atoms with van der Waals surface area (Å²) in [7, 11) is -3.09. The molecule has 1 fully saturated rings. The topological polar surface area (TPSA) is 63.7 Å². The molecule has 1 atom stereocenters. The summed E-state index contributed by atoms with van der Waals surface area (Å²) in [6, 6.07) is 14.8. The normalized spacial score (nSPS) is 18.0. The van der Waals surface area contributed by atoms with Crippen molar-refractivity contribution >= 4 is 15.7 Å². The molecule has 1 aliphatic rings. The SMILES string of the molecule is CCCOc1ccc(CN(C(=O)c2cccc(C)c2)C2CCS(=O)(=O)C2)cc1. The van der Waals surface area contributed by atoms with E-state index < -0.39 is 9.84 Å². The van der Waals surface area contributed by atoms with Crippen LogP contribution in [0.15, 0.2) is 48.5 Å². The summed E-state index contributed by atoms with van der Waals surface area (Å²) in [6.45, 7) is 5.03. The highest BCUT2D eigenvalue weighted by Crippen LogP contribution is 2.23. The summed E-state index contributed by atoms with van der Waals surface area (Å²) in [5.74, 6) is 0.837. The summed E-state index contributed by atoms with van der Waals surface area (Å²) in [5, 5.41) is 0. The van der Waals surface area contributed by atoms with Crippen molar-refractivity contribution < 1.29 is 17.9 Å². The van der Waals surface area contributed by atoms with E-state index in [1.807, 2.05) is 49.4 Å². The molecule has 28 heavy (non-hydrogen) atoms. The number of rotatable bonds is 7. The van der Waals surface area contributed by atoms with Gasteiger partial charge in [-0.1, -0.05) is 36.8 Å². The van der Waals surface area contributed by atoms with Crippen LogP contribution in [0.1, 0.15) is 41.3 Å². The van der Waals surface area contributed by atoms with Gasteiger partial charge in [0.15, 0.2) is 9.84 Å². The first kappa shape index (κ1) is 20.4. The number of ether oxygens (including phenoxy) is 1. The smallest absolute Gasteiger partial charge is 0.254 e. The lowest BCUT2D eigenvalue weighted by Gasteiger charge is -2.29. The molecule has 150 valence electrons. The Morgan fingerprint density at radius 3 is 2.54 bits per heavy atom. The fourth-order valence-corrected chi connectivity index (χ4v) is 5.17. The van der Waals surface area contributed by atoms with Crippen molar-refractivity contribution in [1.82, 2.24) is 4.90 Å². The van der Waals surface area contributed by atoms with Gasteiger partial charge < -0.3 is 9.64 Å². The van der Waals surface area contributed by atoms with Crippen LogP contribution in [0.25, 0.3) is 0 Å². The number of benzene rings is 2. The van der Waals surface area contributed by atoms with Gasteiger partial charge in [-0.25, -0.2) is 8.42 Å². The van der Waals surface area contributed by atoms with E-state index in [4.69, 9.17) is 4.74 Å². The number of carbonyl (C=O) groups is 1. The Kier molecular flexibility index (Phi) is 6.39. The van der Waals surface area contributed by atoms with Gasteiger partial charge in [0, 0.05) is 18.2 Å². The second-order valence-corrected chi connectivity index (χ2v) is 9.58. The first-order chi connectivity index (χ1) is 13.4. The van der Waals surface area contributed by atoms with Gasteiger partial charge in [-0.05, 0) is 49.6 Å². The lowest BCUT2D eigenvalue weighted by molar-refractivity contribution is 0.0681. The molecule has 1 amide bonds. The Labute approximate surface area is 167 Å². The van der Waals surface area contributed by atoms with Crippen LogP contribution in [-0.2, 0) is 16.4 Å². The molecule has 0 spiro atoms. The first-order valence-corrected chi connectivity index (χ1v) is 11.5. The van der Waals surface area contributed by atoms with Crippen LogP contribution in [0.2, 0.25) is 0 Å². The van der Waals surface area contributed by atoms with Crippen molar-refractivity contribution in [3.8, 4) is 5.75 Å². The Morgan fingerprint density at radius 1 is 1.18 bits per heavy atom. The van der Waals surface area contributed by atoms with Gasteiger partial charge in [0.25, 0.3) is 5.91 Å². The van der Waals surface area contributed by atoms with Crippen molar-refractivity contribution in [2.45, 2.75) is 39.3 Å². The molecule has 2 aromatic rings. The molecule has 1 unspecified atom stereocenters. The molecule has 3 rings (SSSR count). The minimum absolute atomic E-state index is 0.0300. The van der Waals surface area contributed by atoms with Crippen LogP contribution in [0, 0.1) is 6.92 Å². The van der Waals surface area contributed by atoms with E-state index in [9.17, 15) is 13.2 Å². The second kappa shape index (κ2) is 8.78. The van der Waals surface area contributed by atoms with E-state index >= 15 is 0 Å². The minimum Gasteiger partial charge on any atom is -0.494 e. The van der Waals surface area contributed by atoms with Gasteiger partial charge in [0.2, 0.25) is 0 Å². The Bertz CT molecular complexity index is 922. The van der Waals surface area contributed by atoms with Gasteiger partial charge in [-0.2, -0.15) is 0 Å². The number of hydrogen-bond acceptors (Lipinski definition) is 4. The molecule has 0 N–H and O–H groups in total. The highest BCUT2D eigenvalue weighted by molar-refractivity contribution is 7.91. The third-order valence-electron chi connectivity index (χ3n) is 4.92. The largest absolute Gasteiger partial charge is 0.494 e. The van der Waals surface area contributed by atoms with E-state index in [-0.39, 0.29) is 23.5 Å². The molecule has 0 aliphatic carbocycles. The first-order valence-electron chi connectivity index (χ1n) is 9.68. The zero-order valence-electron chi connectivity index (χ0n) is 16.4. The van der Waals surface area contributed by atoms with Crippen molar-refractivity contribution in [1.29, 1.82) is 0 Å². The Morgan fingerprint density at radius 2 is 1.93 bits per heavy atom. The molecule has 1 heterocycles. The van der Waals surface area contributed by atoms with E-state index in [2.05, 4.69) is 6.92 Å². The van der Waals surface area contributed by atoms with E-state index in [1.54, 1.807) is 11.0 Å². The molecule has 0 bridgehead atoms. The van der Waals surface area contributed by atoms with Crippen molar-refractivity contribution in [2.75, 3.05) is 18.1 Å². The van der Waals surface area contributed by atoms with Crippen LogP contribution >= 0.6 is 0 Å². The lowest BCUT2D eigenvalue weighted by Crippen LogP contribution is -2.40. The van der Waals surface area contributed by atoms with Crippen molar-refractivity contribution in [3.63, 3.8) is 0 Å². The highest BCUT2D eigenvalue weighted by Gasteiger charge is 2.35. The van der Waals surface area contributed by atoms with Gasteiger partial charge >= 0.3 is 0 Å². The predicted octanol–water partition coefficient (Wildman–Crippen LogP) is 3.61. The van der Waals surface area contributed by atoms with E-state index in [0.717, 1.165) is 23.3 Å². The zero-order valence-corrected chi connectivity index (χ0v) is 17.2. The van der Waals surface area contributed by atoms with E-state index in [1.165, 1.54) is 0 Å². The number of nitrogens with zero attached hydrogens (tertiary/aromatic N) is 1. The number of carbonyl (C=O) groups excluding carboxylic acids is 1. The molecule has 0 saturated carbocycles. The van der Waals surface area contributed by atoms with Crippen molar-refractivity contribution in [2.24, 2.45) is 0 Å². The lowest BCUT2D eigenvalue weighted by atomic mass is 10.1. The fraction of sp³-hybridized carbons (Fsp3) is 0.409. The molecule has 0 radical (unpaired) electrons. The summed E-state index contributed by atoms with van der Waals surface area (Å²) >= 11 is 0. The number of amides is 1. The maximum absolute atomic E-state index is 13.2. The molecule has 0 aromatic heterocycles. The Balaban J connectivity index is 1.83. The fourth-order valence-electron chi connectivity index (χ4n) is 3.44. The Hall–Kier alpha value is -2.34. The summed E-state index contributed by atoms with van der Waals surface area (Å²) in [6.07, 6.45) is 1.42. The van der Waals surface area contributed by atoms with Crippen LogP contribution in [0.4, 0.5) is 0 Å². The predicted molar refractivity (Wildman–Crippen MR) is 110 cm³/mol. The average molecular weight is 402 g/mol. The number of hydrogen-bond donors (Lipinski definition) is 0. The van der Waals surface area contributed by atoms with E-state index in [0.29, 0.717) is 25.1 Å². The summed E-state index contributed by atoms with van der Waals surface area (Å²) in [4.78, 5) is 14.9. The highest BCUT2D eigenvalue weighted by atomic mass is 32.2. The average Bonchev–Trinajstić information content (AvgIpc) is 3.04. The van der Waals surface area contributed by atoms with Crippen LogP contribution in [0.5, 0.6) is 5.75 Å². The third-order valence-corrected chi connectivity index (χ3v) is 6.67. The maximum Gasteiger partial charge on any atom is 0.254 e. The molecule has 6 heteroatoms. The zero-order chi connectivity index (χ0) is 20.1. The molecular weight excluding hydrogens is 374 g/mol. The molecule has 2 aromatic carbocycles. The van der Waals surface area contributed by atoms with Crippen molar-refractivity contribution in [3.05, 3.63) is 65.2 Å². The third kappa shape index (κ3) is 5.13. The number of aryl methyl sites for hydroxylation is 1.